The Balaban J connectivity index is 1.94. The van der Waals surface area contributed by atoms with Crippen LogP contribution in [0.25, 0.3) is 0 Å². The third-order valence-electron chi connectivity index (χ3n) is 3.00. The van der Waals surface area contributed by atoms with Gasteiger partial charge in [0.05, 0.1) is 10.7 Å². The van der Waals surface area contributed by atoms with Gasteiger partial charge in [0, 0.05) is 11.3 Å². The van der Waals surface area contributed by atoms with Crippen molar-refractivity contribution < 1.29 is 4.74 Å². The molecule has 0 N–H and O–H groups in total. The van der Waals surface area contributed by atoms with Gasteiger partial charge in [0.1, 0.15) is 12.4 Å². The molecule has 0 bridgehead atoms. The summed E-state index contributed by atoms with van der Waals surface area (Å²) in [6.07, 6.45) is 0. The van der Waals surface area contributed by atoms with E-state index in [4.69, 9.17) is 4.74 Å². The highest BCUT2D eigenvalue weighted by Gasteiger charge is 2.06. The van der Waals surface area contributed by atoms with E-state index in [9.17, 15) is 0 Å². The molecule has 0 saturated carbocycles. The lowest BCUT2D eigenvalue weighted by Crippen LogP contribution is -1.97. The highest BCUT2D eigenvalue weighted by molar-refractivity contribution is 7.09. The molecule has 2 aromatic rings. The molecule has 1 heterocycles. The average molecular weight is 275 g/mol. The summed E-state index contributed by atoms with van der Waals surface area (Å²) in [5, 5.41) is 3.26. The number of hydrogen-bond acceptors (Lipinski definition) is 3. The van der Waals surface area contributed by atoms with Crippen molar-refractivity contribution in [2.45, 2.75) is 46.1 Å². The fourth-order valence-corrected chi connectivity index (χ4v) is 2.58. The Kier molecular flexibility index (Phi) is 4.59. The largest absolute Gasteiger partial charge is 0.487 e. The fourth-order valence-electron chi connectivity index (χ4n) is 1.76. The van der Waals surface area contributed by atoms with Gasteiger partial charge in [-0.3, -0.25) is 0 Å². The van der Waals surface area contributed by atoms with E-state index in [0.717, 1.165) is 11.4 Å². The molecular formula is C16H21NOS. The first kappa shape index (κ1) is 14.1. The van der Waals surface area contributed by atoms with E-state index in [-0.39, 0.29) is 0 Å². The highest BCUT2D eigenvalue weighted by atomic mass is 32.1. The zero-order chi connectivity index (χ0) is 13.8. The molecule has 0 atom stereocenters. The number of ether oxygens (including phenoxy) is 1. The summed E-state index contributed by atoms with van der Waals surface area (Å²) in [7, 11) is 0. The first-order valence-corrected chi connectivity index (χ1v) is 7.61. The topological polar surface area (TPSA) is 22.1 Å². The van der Waals surface area contributed by atoms with Gasteiger partial charge in [0.2, 0.25) is 0 Å². The second kappa shape index (κ2) is 6.20. The summed E-state index contributed by atoms with van der Waals surface area (Å²) in [5.41, 5.74) is 2.35. The fraction of sp³-hybridized carbons (Fsp3) is 0.438. The van der Waals surface area contributed by atoms with Gasteiger partial charge in [-0.2, -0.15) is 0 Å². The van der Waals surface area contributed by atoms with Crippen molar-refractivity contribution in [2.24, 2.45) is 0 Å². The van der Waals surface area contributed by atoms with Gasteiger partial charge in [-0.05, 0) is 23.6 Å². The number of rotatable bonds is 5. The van der Waals surface area contributed by atoms with Gasteiger partial charge >= 0.3 is 0 Å². The molecule has 0 amide bonds. The van der Waals surface area contributed by atoms with Crippen LogP contribution in [-0.4, -0.2) is 4.98 Å². The molecule has 0 aliphatic heterocycles. The molecule has 0 saturated heterocycles. The Labute approximate surface area is 119 Å². The van der Waals surface area contributed by atoms with Gasteiger partial charge in [-0.25, -0.2) is 4.98 Å². The van der Waals surface area contributed by atoms with Gasteiger partial charge in [0.15, 0.2) is 0 Å². The number of aromatic nitrogens is 1. The lowest BCUT2D eigenvalue weighted by molar-refractivity contribution is 0.301. The van der Waals surface area contributed by atoms with Crippen molar-refractivity contribution in [1.82, 2.24) is 4.98 Å². The number of thiazole rings is 1. The van der Waals surface area contributed by atoms with Crippen molar-refractivity contribution in [3.05, 3.63) is 45.9 Å². The lowest BCUT2D eigenvalue weighted by atomic mass is 10.0. The van der Waals surface area contributed by atoms with Crippen LogP contribution < -0.4 is 4.74 Å². The monoisotopic (exact) mass is 275 g/mol. The van der Waals surface area contributed by atoms with Gasteiger partial charge in [-0.15, -0.1) is 11.3 Å². The summed E-state index contributed by atoms with van der Waals surface area (Å²) < 4.78 is 5.76. The summed E-state index contributed by atoms with van der Waals surface area (Å²) in [6.45, 7) is 9.25. The maximum atomic E-state index is 5.76. The van der Waals surface area contributed by atoms with Gasteiger partial charge in [-0.1, -0.05) is 39.8 Å². The normalized spacial score (nSPS) is 11.3. The molecule has 2 nitrogen and oxygen atoms in total. The van der Waals surface area contributed by atoms with Crippen molar-refractivity contribution in [2.75, 3.05) is 0 Å². The SMILES string of the molecule is CC(C)c1ccc(OCc2csc(C(C)C)n2)cc1. The molecule has 0 radical (unpaired) electrons. The summed E-state index contributed by atoms with van der Waals surface area (Å²) in [4.78, 5) is 4.56. The zero-order valence-corrected chi connectivity index (χ0v) is 12.8. The minimum Gasteiger partial charge on any atom is -0.487 e. The quantitative estimate of drug-likeness (QED) is 0.768. The summed E-state index contributed by atoms with van der Waals surface area (Å²) in [6, 6.07) is 8.32. The molecule has 19 heavy (non-hydrogen) atoms. The van der Waals surface area contributed by atoms with Crippen LogP contribution in [0.1, 0.15) is 55.8 Å². The van der Waals surface area contributed by atoms with Crippen LogP contribution >= 0.6 is 11.3 Å². The molecule has 102 valence electrons. The van der Waals surface area contributed by atoms with Crippen molar-refractivity contribution in [1.29, 1.82) is 0 Å². The van der Waals surface area contributed by atoms with E-state index in [1.54, 1.807) is 11.3 Å². The molecule has 1 aromatic heterocycles. The molecule has 0 spiro atoms. The first-order valence-electron chi connectivity index (χ1n) is 6.73. The van der Waals surface area contributed by atoms with E-state index in [0.29, 0.717) is 18.4 Å². The first-order chi connectivity index (χ1) is 9.06. The molecule has 0 aliphatic rings. The zero-order valence-electron chi connectivity index (χ0n) is 12.0. The predicted molar refractivity (Wildman–Crippen MR) is 81.1 cm³/mol. The highest BCUT2D eigenvalue weighted by Crippen LogP contribution is 2.22. The van der Waals surface area contributed by atoms with Crippen LogP contribution in [0.4, 0.5) is 0 Å². The molecule has 0 fully saturated rings. The maximum absolute atomic E-state index is 5.76. The minimum absolute atomic E-state index is 0.490. The van der Waals surface area contributed by atoms with E-state index in [2.05, 4.69) is 50.2 Å². The third kappa shape index (κ3) is 3.80. The molecule has 1 aromatic carbocycles. The smallest absolute Gasteiger partial charge is 0.131 e. The van der Waals surface area contributed by atoms with Crippen LogP contribution in [0.2, 0.25) is 0 Å². The van der Waals surface area contributed by atoms with Crippen molar-refractivity contribution >= 4 is 11.3 Å². The predicted octanol–water partition coefficient (Wildman–Crippen LogP) is 4.97. The Morgan fingerprint density at radius 3 is 2.26 bits per heavy atom. The average Bonchev–Trinajstić information content (AvgIpc) is 2.86. The maximum Gasteiger partial charge on any atom is 0.131 e. The molecular weight excluding hydrogens is 254 g/mol. The van der Waals surface area contributed by atoms with E-state index in [1.807, 2.05) is 12.1 Å². The van der Waals surface area contributed by atoms with Crippen LogP contribution in [0.3, 0.4) is 0 Å². The number of nitrogens with zero attached hydrogens (tertiary/aromatic N) is 1. The van der Waals surface area contributed by atoms with Crippen molar-refractivity contribution in [3.63, 3.8) is 0 Å². The Hall–Kier alpha value is -1.35. The Morgan fingerprint density at radius 1 is 1.05 bits per heavy atom. The summed E-state index contributed by atoms with van der Waals surface area (Å²) in [5.74, 6) is 1.95. The number of benzene rings is 1. The standard InChI is InChI=1S/C16H21NOS/c1-11(2)13-5-7-15(8-6-13)18-9-14-10-19-16(17-14)12(3)4/h5-8,10-12H,9H2,1-4H3. The minimum atomic E-state index is 0.490. The summed E-state index contributed by atoms with van der Waals surface area (Å²) >= 11 is 1.71. The van der Waals surface area contributed by atoms with E-state index >= 15 is 0 Å². The third-order valence-corrected chi connectivity index (χ3v) is 4.19. The molecule has 0 unspecified atom stereocenters. The van der Waals surface area contributed by atoms with Crippen LogP contribution in [0.5, 0.6) is 5.75 Å². The Bertz CT molecular complexity index is 514. The van der Waals surface area contributed by atoms with Crippen LogP contribution in [0, 0.1) is 0 Å². The second-order valence-corrected chi connectivity index (χ2v) is 6.23. The van der Waals surface area contributed by atoms with Gasteiger partial charge in [0.25, 0.3) is 0 Å². The van der Waals surface area contributed by atoms with Crippen molar-refractivity contribution in [3.8, 4) is 5.75 Å². The van der Waals surface area contributed by atoms with E-state index < -0.39 is 0 Å². The molecule has 3 heteroatoms. The number of hydrogen-bond donors (Lipinski definition) is 0. The Morgan fingerprint density at radius 2 is 1.74 bits per heavy atom. The lowest BCUT2D eigenvalue weighted by Gasteiger charge is -2.08. The molecule has 2 rings (SSSR count). The second-order valence-electron chi connectivity index (χ2n) is 5.34. The van der Waals surface area contributed by atoms with Crippen LogP contribution in [0.15, 0.2) is 29.6 Å². The van der Waals surface area contributed by atoms with E-state index in [1.165, 1.54) is 10.6 Å². The molecule has 0 aliphatic carbocycles. The van der Waals surface area contributed by atoms with Gasteiger partial charge < -0.3 is 4.74 Å². The van der Waals surface area contributed by atoms with Crippen LogP contribution in [-0.2, 0) is 6.61 Å².